The molecule has 13 heteroatoms. The molecule has 0 bridgehead atoms. The van der Waals surface area contributed by atoms with E-state index >= 15 is 0 Å². The Balaban J connectivity index is 2.22. The maximum atomic E-state index is 13.2. The van der Waals surface area contributed by atoms with E-state index in [-0.39, 0.29) is 18.6 Å². The lowest BCUT2D eigenvalue weighted by Crippen LogP contribution is -2.58. The average Bonchev–Trinajstić information content (AvgIpc) is 3.35. The first-order valence-electron chi connectivity index (χ1n) is 11.5. The number of phenolic OH excluding ortho intramolecular Hbond substituents is 1. The van der Waals surface area contributed by atoms with Crippen molar-refractivity contribution in [3.8, 4) is 5.75 Å². The van der Waals surface area contributed by atoms with Crippen LogP contribution in [0.15, 0.2) is 24.3 Å². The molecule has 0 aliphatic carbocycles. The van der Waals surface area contributed by atoms with E-state index in [0.717, 1.165) is 13.3 Å². The van der Waals surface area contributed by atoms with Gasteiger partial charge in [0.15, 0.2) is 6.04 Å². The van der Waals surface area contributed by atoms with Crippen molar-refractivity contribution in [3.05, 3.63) is 29.8 Å². The van der Waals surface area contributed by atoms with Gasteiger partial charge in [-0.05, 0) is 50.4 Å². The van der Waals surface area contributed by atoms with Crippen LogP contribution in [-0.2, 0) is 30.4 Å². The molecule has 3 amide bonds. The second-order valence-corrected chi connectivity index (χ2v) is 8.64. The van der Waals surface area contributed by atoms with Gasteiger partial charge in [-0.3, -0.25) is 19.2 Å². The number of rotatable bonds is 13. The minimum absolute atomic E-state index is 0.00324. The molecule has 2 rings (SSSR count). The Morgan fingerprint density at radius 3 is 2.17 bits per heavy atom. The first-order valence-corrected chi connectivity index (χ1v) is 11.5. The fourth-order valence-electron chi connectivity index (χ4n) is 3.71. The lowest BCUT2D eigenvalue weighted by atomic mass is 10.0. The van der Waals surface area contributed by atoms with Crippen molar-refractivity contribution in [2.45, 2.75) is 69.3 Å². The van der Waals surface area contributed by atoms with Gasteiger partial charge in [-0.1, -0.05) is 12.1 Å². The van der Waals surface area contributed by atoms with E-state index in [2.05, 4.69) is 21.3 Å². The summed E-state index contributed by atoms with van der Waals surface area (Å²) >= 11 is 0. The minimum atomic E-state index is -1.68. The number of hydrogen-bond donors (Lipinski definition) is 8. The van der Waals surface area contributed by atoms with Gasteiger partial charge in [-0.25, -0.2) is 4.79 Å². The van der Waals surface area contributed by atoms with Gasteiger partial charge in [0, 0.05) is 12.8 Å². The SMILES string of the molecule is CC(O)C(NC(=O)C(CCC(=O)O)NC(=O)C(Cc1ccc(O)cc1)NC(=O)C1CCCN1)C(=O)O. The number of aliphatic hydroxyl groups excluding tert-OH is 1. The molecular formula is C23H32N4O9. The number of carboxylic acid groups (broad SMARTS) is 2. The highest BCUT2D eigenvalue weighted by Crippen LogP contribution is 2.13. The van der Waals surface area contributed by atoms with Crippen molar-refractivity contribution >= 4 is 29.7 Å². The number of phenols is 1. The van der Waals surface area contributed by atoms with Crippen LogP contribution in [0.5, 0.6) is 5.75 Å². The van der Waals surface area contributed by atoms with Crippen LogP contribution in [0.25, 0.3) is 0 Å². The molecule has 198 valence electrons. The Morgan fingerprint density at radius 2 is 1.64 bits per heavy atom. The topological polar surface area (TPSA) is 214 Å². The van der Waals surface area contributed by atoms with Gasteiger partial charge in [0.05, 0.1) is 12.1 Å². The van der Waals surface area contributed by atoms with E-state index in [4.69, 9.17) is 5.11 Å². The van der Waals surface area contributed by atoms with E-state index < -0.39 is 66.4 Å². The highest BCUT2D eigenvalue weighted by atomic mass is 16.4. The third-order valence-corrected chi connectivity index (χ3v) is 5.71. The molecule has 0 spiro atoms. The number of aliphatic carboxylic acids is 2. The minimum Gasteiger partial charge on any atom is -0.508 e. The van der Waals surface area contributed by atoms with Gasteiger partial charge < -0.3 is 41.7 Å². The predicted molar refractivity (Wildman–Crippen MR) is 125 cm³/mol. The van der Waals surface area contributed by atoms with Gasteiger partial charge >= 0.3 is 11.9 Å². The maximum absolute atomic E-state index is 13.2. The molecule has 1 aliphatic heterocycles. The van der Waals surface area contributed by atoms with Crippen LogP contribution in [0.1, 0.15) is 38.2 Å². The summed E-state index contributed by atoms with van der Waals surface area (Å²) in [6.07, 6.45) is -0.946. The number of carbonyl (C=O) groups is 5. The lowest BCUT2D eigenvalue weighted by Gasteiger charge is -2.25. The molecule has 5 unspecified atom stereocenters. The molecule has 0 saturated carbocycles. The zero-order chi connectivity index (χ0) is 26.8. The summed E-state index contributed by atoms with van der Waals surface area (Å²) in [6, 6.07) is 1.17. The van der Waals surface area contributed by atoms with Crippen LogP contribution in [0, 0.1) is 0 Å². The second kappa shape index (κ2) is 13.4. The fourth-order valence-corrected chi connectivity index (χ4v) is 3.71. The third kappa shape index (κ3) is 8.82. The molecular weight excluding hydrogens is 476 g/mol. The predicted octanol–water partition coefficient (Wildman–Crippen LogP) is -1.53. The highest BCUT2D eigenvalue weighted by Gasteiger charge is 2.33. The summed E-state index contributed by atoms with van der Waals surface area (Å²) in [5.74, 6) is -4.95. The highest BCUT2D eigenvalue weighted by molar-refractivity contribution is 5.94. The summed E-state index contributed by atoms with van der Waals surface area (Å²) < 4.78 is 0. The summed E-state index contributed by atoms with van der Waals surface area (Å²) in [6.45, 7) is 1.81. The molecule has 1 aromatic rings. The largest absolute Gasteiger partial charge is 0.508 e. The summed E-state index contributed by atoms with van der Waals surface area (Å²) in [5, 5.41) is 47.6. The van der Waals surface area contributed by atoms with E-state index in [1.165, 1.54) is 12.1 Å². The van der Waals surface area contributed by atoms with Crippen molar-refractivity contribution < 1.29 is 44.4 Å². The molecule has 8 N–H and O–H groups in total. The molecule has 5 atom stereocenters. The second-order valence-electron chi connectivity index (χ2n) is 8.64. The van der Waals surface area contributed by atoms with Crippen molar-refractivity contribution in [1.29, 1.82) is 0 Å². The Kier molecular flexibility index (Phi) is 10.6. The zero-order valence-corrected chi connectivity index (χ0v) is 19.8. The van der Waals surface area contributed by atoms with E-state index in [1.807, 2.05) is 0 Å². The van der Waals surface area contributed by atoms with E-state index in [9.17, 15) is 39.3 Å². The van der Waals surface area contributed by atoms with Crippen LogP contribution in [0.4, 0.5) is 0 Å². The van der Waals surface area contributed by atoms with Gasteiger partial charge in [-0.15, -0.1) is 0 Å². The molecule has 1 saturated heterocycles. The summed E-state index contributed by atoms with van der Waals surface area (Å²) in [4.78, 5) is 61.0. The molecule has 1 aromatic carbocycles. The van der Waals surface area contributed by atoms with Crippen LogP contribution in [-0.4, -0.2) is 86.9 Å². The first-order chi connectivity index (χ1) is 17.0. The fraction of sp³-hybridized carbons (Fsp3) is 0.522. The Morgan fingerprint density at radius 1 is 1.00 bits per heavy atom. The van der Waals surface area contributed by atoms with Gasteiger partial charge in [-0.2, -0.15) is 0 Å². The Bertz CT molecular complexity index is 945. The number of carboxylic acids is 2. The quantitative estimate of drug-likeness (QED) is 0.154. The van der Waals surface area contributed by atoms with Gasteiger partial charge in [0.25, 0.3) is 0 Å². The number of nitrogens with one attached hydrogen (secondary N) is 4. The van der Waals surface area contributed by atoms with Gasteiger partial charge in [0.2, 0.25) is 17.7 Å². The van der Waals surface area contributed by atoms with Crippen LogP contribution in [0.2, 0.25) is 0 Å². The molecule has 0 aromatic heterocycles. The Labute approximate surface area is 207 Å². The van der Waals surface area contributed by atoms with E-state index in [0.29, 0.717) is 18.5 Å². The summed E-state index contributed by atoms with van der Waals surface area (Å²) in [7, 11) is 0. The zero-order valence-electron chi connectivity index (χ0n) is 19.8. The molecule has 1 heterocycles. The number of carbonyl (C=O) groups excluding carboxylic acids is 3. The molecule has 1 fully saturated rings. The van der Waals surface area contributed by atoms with Gasteiger partial charge in [0.1, 0.15) is 17.8 Å². The lowest BCUT2D eigenvalue weighted by molar-refractivity contribution is -0.145. The van der Waals surface area contributed by atoms with Crippen LogP contribution < -0.4 is 21.3 Å². The first kappa shape index (κ1) is 28.5. The molecule has 0 radical (unpaired) electrons. The smallest absolute Gasteiger partial charge is 0.328 e. The normalized spacial score (nSPS) is 18.3. The Hall–Kier alpha value is -3.71. The van der Waals surface area contributed by atoms with Crippen molar-refractivity contribution in [3.63, 3.8) is 0 Å². The number of aliphatic hydroxyl groups is 1. The van der Waals surface area contributed by atoms with Crippen molar-refractivity contribution in [1.82, 2.24) is 21.3 Å². The van der Waals surface area contributed by atoms with E-state index in [1.54, 1.807) is 12.1 Å². The monoisotopic (exact) mass is 508 g/mol. The summed E-state index contributed by atoms with van der Waals surface area (Å²) in [5.41, 5.74) is 0.596. The third-order valence-electron chi connectivity index (χ3n) is 5.71. The number of aromatic hydroxyl groups is 1. The molecule has 1 aliphatic rings. The van der Waals surface area contributed by atoms with Crippen molar-refractivity contribution in [2.75, 3.05) is 6.54 Å². The average molecular weight is 509 g/mol. The maximum Gasteiger partial charge on any atom is 0.328 e. The standard InChI is InChI=1S/C23H32N4O9/c1-12(28)19(23(35)36)27-21(33)16(8-9-18(30)31)25-22(34)17(11-13-4-6-14(29)7-5-13)26-20(32)15-3-2-10-24-15/h4-7,12,15-17,19,24,28-29H,2-3,8-11H2,1H3,(H,25,34)(H,26,32)(H,27,33)(H,30,31)(H,35,36). The molecule has 36 heavy (non-hydrogen) atoms. The van der Waals surface area contributed by atoms with Crippen LogP contribution in [0.3, 0.4) is 0 Å². The number of amides is 3. The number of hydrogen-bond acceptors (Lipinski definition) is 8. The van der Waals surface area contributed by atoms with Crippen molar-refractivity contribution in [2.24, 2.45) is 0 Å². The number of benzene rings is 1. The molecule has 13 nitrogen and oxygen atoms in total. The van der Waals surface area contributed by atoms with Crippen LogP contribution >= 0.6 is 0 Å².